The minimum absolute atomic E-state index is 0.489. The van der Waals surface area contributed by atoms with Crippen molar-refractivity contribution in [1.29, 1.82) is 0 Å². The molecule has 0 radical (unpaired) electrons. The van der Waals surface area contributed by atoms with Crippen molar-refractivity contribution in [3.8, 4) is 0 Å². The molecule has 1 saturated heterocycles. The number of hydrogen-bond donors (Lipinski definition) is 1. The Morgan fingerprint density at radius 3 is 2.73 bits per heavy atom. The van der Waals surface area contributed by atoms with Gasteiger partial charge in [0, 0.05) is 13.1 Å². The van der Waals surface area contributed by atoms with Crippen LogP contribution in [0.15, 0.2) is 6.20 Å². The fourth-order valence-electron chi connectivity index (χ4n) is 2.19. The maximum atomic E-state index is 5.56. The van der Waals surface area contributed by atoms with E-state index in [1.54, 1.807) is 0 Å². The molecule has 2 heterocycles. The van der Waals surface area contributed by atoms with Crippen LogP contribution in [0, 0.1) is 0 Å². The molecule has 0 saturated carbocycles. The molecule has 0 spiro atoms. The van der Waals surface area contributed by atoms with E-state index in [-0.39, 0.29) is 0 Å². The SMILES string of the molecule is CCCN1CCC(n2cc(N)nn2)CC1. The summed E-state index contributed by atoms with van der Waals surface area (Å²) in [4.78, 5) is 2.51. The van der Waals surface area contributed by atoms with E-state index in [1.807, 2.05) is 10.9 Å². The summed E-state index contributed by atoms with van der Waals surface area (Å²) in [5, 5.41) is 7.86. The second-order valence-corrected chi connectivity index (χ2v) is 4.20. The third kappa shape index (κ3) is 2.47. The van der Waals surface area contributed by atoms with Crippen molar-refractivity contribution in [2.45, 2.75) is 32.2 Å². The predicted octanol–water partition coefficient (Wildman–Crippen LogP) is 0.907. The summed E-state index contributed by atoms with van der Waals surface area (Å²) >= 11 is 0. The van der Waals surface area contributed by atoms with Crippen molar-refractivity contribution >= 4 is 5.82 Å². The molecule has 2 N–H and O–H groups in total. The molecule has 5 heteroatoms. The van der Waals surface area contributed by atoms with Crippen LogP contribution in [0.3, 0.4) is 0 Å². The lowest BCUT2D eigenvalue weighted by Gasteiger charge is -2.31. The number of piperidine rings is 1. The smallest absolute Gasteiger partial charge is 0.165 e. The fraction of sp³-hybridized carbons (Fsp3) is 0.800. The maximum absolute atomic E-state index is 5.56. The van der Waals surface area contributed by atoms with Crippen LogP contribution in [0.25, 0.3) is 0 Å². The van der Waals surface area contributed by atoms with E-state index in [0.29, 0.717) is 11.9 Å². The molecule has 1 aliphatic heterocycles. The molecule has 0 unspecified atom stereocenters. The molecule has 1 aromatic rings. The van der Waals surface area contributed by atoms with E-state index in [4.69, 9.17) is 5.73 Å². The lowest BCUT2D eigenvalue weighted by molar-refractivity contribution is 0.179. The fourth-order valence-corrected chi connectivity index (χ4v) is 2.19. The van der Waals surface area contributed by atoms with Crippen LogP contribution in [-0.4, -0.2) is 39.5 Å². The summed E-state index contributed by atoms with van der Waals surface area (Å²) in [6.07, 6.45) is 5.38. The molecule has 15 heavy (non-hydrogen) atoms. The van der Waals surface area contributed by atoms with Crippen LogP contribution >= 0.6 is 0 Å². The third-order valence-corrected chi connectivity index (χ3v) is 3.00. The van der Waals surface area contributed by atoms with E-state index < -0.39 is 0 Å². The Hall–Kier alpha value is -1.10. The second-order valence-electron chi connectivity index (χ2n) is 4.20. The number of hydrogen-bond acceptors (Lipinski definition) is 4. The Morgan fingerprint density at radius 2 is 2.20 bits per heavy atom. The summed E-state index contributed by atoms with van der Waals surface area (Å²) in [5.41, 5.74) is 5.56. The molecular weight excluding hydrogens is 190 g/mol. The van der Waals surface area contributed by atoms with Crippen LogP contribution in [-0.2, 0) is 0 Å². The lowest BCUT2D eigenvalue weighted by Crippen LogP contribution is -2.35. The minimum Gasteiger partial charge on any atom is -0.381 e. The van der Waals surface area contributed by atoms with Crippen molar-refractivity contribution < 1.29 is 0 Å². The summed E-state index contributed by atoms with van der Waals surface area (Å²) < 4.78 is 1.92. The van der Waals surface area contributed by atoms with Gasteiger partial charge in [-0.15, -0.1) is 5.10 Å². The molecule has 0 amide bonds. The number of likely N-dealkylation sites (tertiary alicyclic amines) is 1. The highest BCUT2D eigenvalue weighted by Crippen LogP contribution is 2.21. The summed E-state index contributed by atoms with van der Waals surface area (Å²) in [6.45, 7) is 5.77. The Morgan fingerprint density at radius 1 is 1.47 bits per heavy atom. The van der Waals surface area contributed by atoms with Crippen molar-refractivity contribution in [2.75, 3.05) is 25.4 Å². The monoisotopic (exact) mass is 209 g/mol. The van der Waals surface area contributed by atoms with E-state index in [2.05, 4.69) is 22.1 Å². The van der Waals surface area contributed by atoms with Gasteiger partial charge in [0.25, 0.3) is 0 Å². The number of nitrogens with zero attached hydrogens (tertiary/aromatic N) is 4. The van der Waals surface area contributed by atoms with Gasteiger partial charge >= 0.3 is 0 Å². The highest BCUT2D eigenvalue weighted by atomic mass is 15.4. The normalized spacial score (nSPS) is 19.5. The van der Waals surface area contributed by atoms with Gasteiger partial charge in [0.1, 0.15) is 0 Å². The number of rotatable bonds is 3. The lowest BCUT2D eigenvalue weighted by atomic mass is 10.1. The van der Waals surface area contributed by atoms with Gasteiger partial charge in [0.15, 0.2) is 5.82 Å². The van der Waals surface area contributed by atoms with Crippen LogP contribution in [0.1, 0.15) is 32.2 Å². The first-order chi connectivity index (χ1) is 7.29. The molecule has 2 rings (SSSR count). The van der Waals surface area contributed by atoms with E-state index in [9.17, 15) is 0 Å². The van der Waals surface area contributed by atoms with E-state index >= 15 is 0 Å². The molecule has 1 aromatic heterocycles. The zero-order valence-electron chi connectivity index (χ0n) is 9.26. The van der Waals surface area contributed by atoms with Crippen LogP contribution in [0.4, 0.5) is 5.82 Å². The minimum atomic E-state index is 0.489. The van der Waals surface area contributed by atoms with Crippen molar-refractivity contribution in [2.24, 2.45) is 0 Å². The molecule has 1 aliphatic rings. The first-order valence-corrected chi connectivity index (χ1v) is 5.69. The summed E-state index contributed by atoms with van der Waals surface area (Å²) in [5.74, 6) is 0.519. The molecule has 84 valence electrons. The predicted molar refractivity (Wildman–Crippen MR) is 59.4 cm³/mol. The third-order valence-electron chi connectivity index (χ3n) is 3.00. The second kappa shape index (κ2) is 4.61. The van der Waals surface area contributed by atoms with Crippen molar-refractivity contribution in [1.82, 2.24) is 19.9 Å². The first-order valence-electron chi connectivity index (χ1n) is 5.69. The van der Waals surface area contributed by atoms with E-state index in [0.717, 1.165) is 25.9 Å². The molecular formula is C10H19N5. The Kier molecular flexibility index (Phi) is 3.20. The number of anilines is 1. The van der Waals surface area contributed by atoms with Gasteiger partial charge in [-0.05, 0) is 25.8 Å². The van der Waals surface area contributed by atoms with Gasteiger partial charge in [-0.2, -0.15) is 0 Å². The molecule has 1 fully saturated rings. The van der Waals surface area contributed by atoms with Gasteiger partial charge in [0.2, 0.25) is 0 Å². The quantitative estimate of drug-likeness (QED) is 0.803. The summed E-state index contributed by atoms with van der Waals surface area (Å²) in [7, 11) is 0. The molecule has 0 aliphatic carbocycles. The van der Waals surface area contributed by atoms with Gasteiger partial charge in [-0.3, -0.25) is 0 Å². The number of aromatic nitrogens is 3. The van der Waals surface area contributed by atoms with Crippen LogP contribution in [0.2, 0.25) is 0 Å². The largest absolute Gasteiger partial charge is 0.381 e. The number of nitrogen functional groups attached to an aromatic ring is 1. The molecule has 5 nitrogen and oxygen atoms in total. The number of nitrogens with two attached hydrogens (primary N) is 1. The zero-order valence-corrected chi connectivity index (χ0v) is 9.26. The van der Waals surface area contributed by atoms with Gasteiger partial charge in [-0.25, -0.2) is 4.68 Å². The molecule has 0 bridgehead atoms. The Labute approximate surface area is 90.2 Å². The molecule has 0 atom stereocenters. The average molecular weight is 209 g/mol. The molecule has 0 aromatic carbocycles. The maximum Gasteiger partial charge on any atom is 0.165 e. The average Bonchev–Trinajstić information content (AvgIpc) is 2.67. The van der Waals surface area contributed by atoms with Crippen molar-refractivity contribution in [3.63, 3.8) is 0 Å². The van der Waals surface area contributed by atoms with Gasteiger partial charge in [-0.1, -0.05) is 12.1 Å². The van der Waals surface area contributed by atoms with Crippen LogP contribution in [0.5, 0.6) is 0 Å². The standard InChI is InChI=1S/C10H19N5/c1-2-5-14-6-3-9(4-7-14)15-8-10(11)12-13-15/h8-9H,2-7,11H2,1H3. The summed E-state index contributed by atoms with van der Waals surface area (Å²) in [6, 6.07) is 0.489. The Balaban J connectivity index is 1.88. The van der Waals surface area contributed by atoms with E-state index in [1.165, 1.54) is 13.0 Å². The first kappa shape index (κ1) is 10.4. The highest BCUT2D eigenvalue weighted by molar-refractivity contribution is 5.20. The highest BCUT2D eigenvalue weighted by Gasteiger charge is 2.20. The topological polar surface area (TPSA) is 60.0 Å². The van der Waals surface area contributed by atoms with Crippen molar-refractivity contribution in [3.05, 3.63) is 6.20 Å². The van der Waals surface area contributed by atoms with Gasteiger partial charge < -0.3 is 10.6 Å². The Bertz CT molecular complexity index is 301. The van der Waals surface area contributed by atoms with Crippen LogP contribution < -0.4 is 5.73 Å². The zero-order chi connectivity index (χ0) is 10.7. The van der Waals surface area contributed by atoms with Gasteiger partial charge in [0.05, 0.1) is 12.2 Å².